The van der Waals surface area contributed by atoms with Gasteiger partial charge in [0, 0.05) is 17.3 Å². The van der Waals surface area contributed by atoms with E-state index in [1.54, 1.807) is 0 Å². The molecule has 7 unspecified atom stereocenters. The van der Waals surface area contributed by atoms with Gasteiger partial charge in [0.1, 0.15) is 5.71 Å². The van der Waals surface area contributed by atoms with E-state index in [1.165, 1.54) is 5.57 Å². The minimum absolute atomic E-state index is 0.0212. The molecule has 0 aromatic rings. The van der Waals surface area contributed by atoms with Gasteiger partial charge in [-0.05, 0) is 61.5 Å². The molecule has 0 aromatic carbocycles. The highest BCUT2D eigenvalue weighted by Crippen LogP contribution is 2.66. The first-order valence-electron chi connectivity index (χ1n) is 10.0. The van der Waals surface area contributed by atoms with Crippen LogP contribution in [0.15, 0.2) is 34.1 Å². The number of allylic oxidation sites excluding steroid dienone is 4. The van der Waals surface area contributed by atoms with Crippen LogP contribution >= 0.6 is 0 Å². The zero-order chi connectivity index (χ0) is 19.4. The Hall–Kier alpha value is -1.66. The van der Waals surface area contributed by atoms with Gasteiger partial charge < -0.3 is 20.6 Å². The lowest BCUT2D eigenvalue weighted by atomic mass is 9.46. The Bertz CT molecular complexity index is 742. The molecule has 0 amide bonds. The molecule has 4 N–H and O–H groups in total. The maximum absolute atomic E-state index is 11.3. The number of oxime groups is 2. The molecule has 7 atom stereocenters. The standard InChI is InChI=1S/C21H30N2O4/c1-20-8-7-13(22-26)9-12(20)3-4-14-15-5-6-16(17(11-24)23-27)21(15,2)10-18(25)19(14)20/h7-9,14-16,18-19,24-27H,3-6,10-11H2,1-2H3/b22-13?,23-17+. The Kier molecular flexibility index (Phi) is 4.47. The highest BCUT2D eigenvalue weighted by molar-refractivity contribution is 6.05. The molecule has 6 nitrogen and oxygen atoms in total. The fourth-order valence-corrected chi connectivity index (χ4v) is 7.16. The molecule has 3 saturated carbocycles. The van der Waals surface area contributed by atoms with Crippen LogP contribution in [0.4, 0.5) is 0 Å². The predicted molar refractivity (Wildman–Crippen MR) is 102 cm³/mol. The Balaban J connectivity index is 1.70. The number of aliphatic hydroxyl groups is 2. The van der Waals surface area contributed by atoms with Crippen LogP contribution in [0, 0.1) is 34.5 Å². The van der Waals surface area contributed by atoms with Gasteiger partial charge in [-0.15, -0.1) is 0 Å². The number of aliphatic hydroxyl groups excluding tert-OH is 2. The van der Waals surface area contributed by atoms with Crippen molar-refractivity contribution in [2.24, 2.45) is 44.8 Å². The van der Waals surface area contributed by atoms with Crippen LogP contribution in [0.3, 0.4) is 0 Å². The van der Waals surface area contributed by atoms with Crippen molar-refractivity contribution in [2.75, 3.05) is 6.61 Å². The second-order valence-electron chi connectivity index (χ2n) is 9.30. The minimum atomic E-state index is -0.457. The summed E-state index contributed by atoms with van der Waals surface area (Å²) >= 11 is 0. The molecule has 4 aliphatic carbocycles. The average Bonchev–Trinajstić information content (AvgIpc) is 2.98. The van der Waals surface area contributed by atoms with Crippen LogP contribution in [0.5, 0.6) is 0 Å². The smallest absolute Gasteiger partial charge is 0.102 e. The Morgan fingerprint density at radius 3 is 2.67 bits per heavy atom. The lowest BCUT2D eigenvalue weighted by molar-refractivity contribution is -0.109. The SMILES string of the molecule is CC12C=CC(=NO)C=C1CCC1C2C(O)CC2(C)C(/C(CO)=N/O)CCC12. The van der Waals surface area contributed by atoms with Gasteiger partial charge in [0.2, 0.25) is 0 Å². The van der Waals surface area contributed by atoms with Crippen molar-refractivity contribution >= 4 is 11.4 Å². The van der Waals surface area contributed by atoms with Gasteiger partial charge >= 0.3 is 0 Å². The summed E-state index contributed by atoms with van der Waals surface area (Å²) in [6.45, 7) is 4.17. The predicted octanol–water partition coefficient (Wildman–Crippen LogP) is 2.96. The molecule has 4 aliphatic rings. The monoisotopic (exact) mass is 374 g/mol. The first-order valence-corrected chi connectivity index (χ1v) is 10.0. The minimum Gasteiger partial charge on any atom is -0.411 e. The second kappa shape index (κ2) is 6.45. The zero-order valence-electron chi connectivity index (χ0n) is 16.0. The van der Waals surface area contributed by atoms with Gasteiger partial charge in [0.15, 0.2) is 0 Å². The third-order valence-corrected chi connectivity index (χ3v) is 8.31. The fourth-order valence-electron chi connectivity index (χ4n) is 7.16. The molecular formula is C21H30N2O4. The summed E-state index contributed by atoms with van der Waals surface area (Å²) in [6, 6.07) is 0. The zero-order valence-corrected chi connectivity index (χ0v) is 16.0. The van der Waals surface area contributed by atoms with Crippen LogP contribution in [0.25, 0.3) is 0 Å². The van der Waals surface area contributed by atoms with Gasteiger partial charge in [0.25, 0.3) is 0 Å². The van der Waals surface area contributed by atoms with Crippen molar-refractivity contribution in [3.05, 3.63) is 23.8 Å². The van der Waals surface area contributed by atoms with Gasteiger partial charge in [-0.25, -0.2) is 0 Å². The normalized spacial score (nSPS) is 48.0. The summed E-state index contributed by atoms with van der Waals surface area (Å²) in [5.41, 5.74) is 1.89. The highest BCUT2D eigenvalue weighted by Gasteiger charge is 2.62. The van der Waals surface area contributed by atoms with E-state index in [1.807, 2.05) is 12.2 Å². The maximum atomic E-state index is 11.3. The second-order valence-corrected chi connectivity index (χ2v) is 9.30. The van der Waals surface area contributed by atoms with Crippen molar-refractivity contribution in [2.45, 2.75) is 52.1 Å². The summed E-state index contributed by atoms with van der Waals surface area (Å²) in [5.74, 6) is 0.989. The van der Waals surface area contributed by atoms with Crippen molar-refractivity contribution in [3.63, 3.8) is 0 Å². The number of fused-ring (bicyclic) bond motifs is 5. The quantitative estimate of drug-likeness (QED) is 0.339. The molecule has 148 valence electrons. The van der Waals surface area contributed by atoms with Crippen LogP contribution in [0.2, 0.25) is 0 Å². The van der Waals surface area contributed by atoms with E-state index in [9.17, 15) is 15.4 Å². The molecule has 27 heavy (non-hydrogen) atoms. The van der Waals surface area contributed by atoms with Gasteiger partial charge in [-0.3, -0.25) is 0 Å². The van der Waals surface area contributed by atoms with Crippen LogP contribution in [-0.2, 0) is 0 Å². The Morgan fingerprint density at radius 2 is 2.00 bits per heavy atom. The molecule has 0 aliphatic heterocycles. The van der Waals surface area contributed by atoms with Gasteiger partial charge in [-0.1, -0.05) is 35.8 Å². The molecule has 0 bridgehead atoms. The fraction of sp³-hybridized carbons (Fsp3) is 0.714. The van der Waals surface area contributed by atoms with E-state index in [4.69, 9.17) is 5.21 Å². The van der Waals surface area contributed by atoms with Crippen LogP contribution in [0.1, 0.15) is 46.0 Å². The first kappa shape index (κ1) is 18.7. The molecule has 0 aromatic heterocycles. The molecule has 4 rings (SSSR count). The van der Waals surface area contributed by atoms with E-state index < -0.39 is 6.10 Å². The molecule has 0 spiro atoms. The van der Waals surface area contributed by atoms with Crippen molar-refractivity contribution in [1.82, 2.24) is 0 Å². The highest BCUT2D eigenvalue weighted by atomic mass is 16.4. The molecular weight excluding hydrogens is 344 g/mol. The third kappa shape index (κ3) is 2.53. The lowest BCUT2D eigenvalue weighted by Gasteiger charge is -2.58. The van der Waals surface area contributed by atoms with Crippen LogP contribution in [-0.4, -0.2) is 44.8 Å². The summed E-state index contributed by atoms with van der Waals surface area (Å²) < 4.78 is 0. The van der Waals surface area contributed by atoms with E-state index in [2.05, 4.69) is 30.2 Å². The van der Waals surface area contributed by atoms with E-state index in [0.29, 0.717) is 29.7 Å². The topological polar surface area (TPSA) is 106 Å². The van der Waals surface area contributed by atoms with E-state index in [-0.39, 0.29) is 29.3 Å². The van der Waals surface area contributed by atoms with Gasteiger partial charge in [0.05, 0.1) is 18.4 Å². The van der Waals surface area contributed by atoms with E-state index in [0.717, 1.165) is 25.7 Å². The summed E-state index contributed by atoms with van der Waals surface area (Å²) in [4.78, 5) is 0. The number of nitrogens with zero attached hydrogens (tertiary/aromatic N) is 2. The van der Waals surface area contributed by atoms with Crippen molar-refractivity contribution < 1.29 is 20.6 Å². The molecule has 0 radical (unpaired) electrons. The van der Waals surface area contributed by atoms with Crippen LogP contribution < -0.4 is 0 Å². The lowest BCUT2D eigenvalue weighted by Crippen LogP contribution is -2.56. The van der Waals surface area contributed by atoms with Crippen molar-refractivity contribution in [1.29, 1.82) is 0 Å². The Morgan fingerprint density at radius 1 is 1.22 bits per heavy atom. The summed E-state index contributed by atoms with van der Waals surface area (Å²) in [5, 5.41) is 46.1. The van der Waals surface area contributed by atoms with Gasteiger partial charge in [-0.2, -0.15) is 0 Å². The average molecular weight is 374 g/mol. The largest absolute Gasteiger partial charge is 0.411 e. The first-order chi connectivity index (χ1) is 12.9. The molecule has 3 fully saturated rings. The molecule has 6 heteroatoms. The Labute approximate surface area is 160 Å². The number of hydrogen-bond acceptors (Lipinski definition) is 6. The summed E-state index contributed by atoms with van der Waals surface area (Å²) in [7, 11) is 0. The molecule has 0 saturated heterocycles. The maximum Gasteiger partial charge on any atom is 0.102 e. The third-order valence-electron chi connectivity index (χ3n) is 8.31. The van der Waals surface area contributed by atoms with E-state index >= 15 is 0 Å². The number of hydrogen-bond donors (Lipinski definition) is 4. The number of rotatable bonds is 2. The molecule has 0 heterocycles. The summed E-state index contributed by atoms with van der Waals surface area (Å²) in [6.07, 6.45) is 10.0. The van der Waals surface area contributed by atoms with Crippen molar-refractivity contribution in [3.8, 4) is 0 Å².